The first-order chi connectivity index (χ1) is 9.65. The van der Waals surface area contributed by atoms with Crippen molar-refractivity contribution in [3.05, 3.63) is 65.6 Å². The third kappa shape index (κ3) is 2.32. The first-order valence-electron chi connectivity index (χ1n) is 6.19. The molecule has 20 heavy (non-hydrogen) atoms. The molecule has 3 aromatic rings. The van der Waals surface area contributed by atoms with Crippen molar-refractivity contribution < 1.29 is 4.39 Å². The molecule has 0 aliphatic heterocycles. The molecule has 3 rings (SSSR count). The molecule has 0 radical (unpaired) electrons. The van der Waals surface area contributed by atoms with Crippen LogP contribution in [0.15, 0.2) is 54.7 Å². The number of aromatic nitrogens is 1. The Kier molecular flexibility index (Phi) is 3.28. The maximum Gasteiger partial charge on any atom is 0.123 e. The molecule has 2 nitrogen and oxygen atoms in total. The van der Waals surface area contributed by atoms with E-state index in [2.05, 4.69) is 4.98 Å². The van der Waals surface area contributed by atoms with E-state index in [9.17, 15) is 4.39 Å². The van der Waals surface area contributed by atoms with Crippen molar-refractivity contribution in [2.24, 2.45) is 0 Å². The van der Waals surface area contributed by atoms with Gasteiger partial charge in [-0.25, -0.2) is 4.39 Å². The number of rotatable bonds is 2. The Morgan fingerprint density at radius 2 is 1.80 bits per heavy atom. The summed E-state index contributed by atoms with van der Waals surface area (Å²) < 4.78 is 13.0. The van der Waals surface area contributed by atoms with E-state index in [0.29, 0.717) is 5.02 Å². The highest BCUT2D eigenvalue weighted by atomic mass is 35.5. The Balaban J connectivity index is 2.11. The summed E-state index contributed by atoms with van der Waals surface area (Å²) in [5.41, 5.74) is 2.75. The van der Waals surface area contributed by atoms with E-state index in [1.165, 1.54) is 12.1 Å². The van der Waals surface area contributed by atoms with E-state index in [-0.39, 0.29) is 5.82 Å². The molecule has 4 heteroatoms. The van der Waals surface area contributed by atoms with Crippen LogP contribution in [0.4, 0.5) is 15.8 Å². The summed E-state index contributed by atoms with van der Waals surface area (Å²) in [5, 5.41) is 1.66. The number of anilines is 2. The molecular formula is C16H12ClFN2. The Labute approximate surface area is 121 Å². The fourth-order valence-electron chi connectivity index (χ4n) is 2.20. The fraction of sp³-hybridized carbons (Fsp3) is 0.0625. The lowest BCUT2D eigenvalue weighted by atomic mass is 10.1. The zero-order valence-electron chi connectivity index (χ0n) is 10.8. The maximum atomic E-state index is 13.0. The Bertz CT molecular complexity index is 756. The van der Waals surface area contributed by atoms with Gasteiger partial charge in [-0.1, -0.05) is 11.6 Å². The van der Waals surface area contributed by atoms with Crippen LogP contribution in [0.2, 0.25) is 5.02 Å². The van der Waals surface area contributed by atoms with E-state index in [1.807, 2.05) is 36.2 Å². The second-order valence-corrected chi connectivity index (χ2v) is 4.96. The average molecular weight is 287 g/mol. The van der Waals surface area contributed by atoms with Gasteiger partial charge in [-0.2, -0.15) is 0 Å². The molecule has 0 aliphatic carbocycles. The number of halogens is 2. The standard InChI is InChI=1S/C16H12ClFN2/c1-20(13-5-3-12(18)4-6-13)16-8-9-19-15-10-11(17)2-7-14(15)16/h2-10H,1H3. The molecule has 0 saturated carbocycles. The first-order valence-corrected chi connectivity index (χ1v) is 6.56. The summed E-state index contributed by atoms with van der Waals surface area (Å²) in [5.74, 6) is -0.242. The van der Waals surface area contributed by atoms with Gasteiger partial charge in [0, 0.05) is 29.3 Å². The molecular weight excluding hydrogens is 275 g/mol. The lowest BCUT2D eigenvalue weighted by Gasteiger charge is -2.21. The zero-order valence-corrected chi connectivity index (χ0v) is 11.6. The molecule has 0 N–H and O–H groups in total. The molecule has 0 bridgehead atoms. The second kappa shape index (κ2) is 5.10. The number of hydrogen-bond donors (Lipinski definition) is 0. The van der Waals surface area contributed by atoms with Crippen LogP contribution in [-0.2, 0) is 0 Å². The fourth-order valence-corrected chi connectivity index (χ4v) is 2.37. The van der Waals surface area contributed by atoms with Gasteiger partial charge < -0.3 is 4.90 Å². The van der Waals surface area contributed by atoms with E-state index < -0.39 is 0 Å². The van der Waals surface area contributed by atoms with Crippen LogP contribution >= 0.6 is 11.6 Å². The first kappa shape index (κ1) is 12.9. The van der Waals surface area contributed by atoms with E-state index in [0.717, 1.165) is 22.3 Å². The highest BCUT2D eigenvalue weighted by molar-refractivity contribution is 6.31. The molecule has 0 aliphatic rings. The average Bonchev–Trinajstić information content (AvgIpc) is 2.46. The van der Waals surface area contributed by atoms with Gasteiger partial charge in [0.2, 0.25) is 0 Å². The van der Waals surface area contributed by atoms with Crippen LogP contribution in [0.1, 0.15) is 0 Å². The van der Waals surface area contributed by atoms with Gasteiger partial charge in [0.1, 0.15) is 5.82 Å². The van der Waals surface area contributed by atoms with Crippen molar-refractivity contribution in [3.63, 3.8) is 0 Å². The van der Waals surface area contributed by atoms with Crippen molar-refractivity contribution in [1.82, 2.24) is 4.98 Å². The van der Waals surface area contributed by atoms with Crippen molar-refractivity contribution in [1.29, 1.82) is 0 Å². The zero-order chi connectivity index (χ0) is 14.1. The third-order valence-electron chi connectivity index (χ3n) is 3.26. The number of hydrogen-bond acceptors (Lipinski definition) is 2. The second-order valence-electron chi connectivity index (χ2n) is 4.53. The molecule has 0 unspecified atom stereocenters. The maximum absolute atomic E-state index is 13.0. The van der Waals surface area contributed by atoms with Gasteiger partial charge in [0.15, 0.2) is 0 Å². The quantitative estimate of drug-likeness (QED) is 0.673. The van der Waals surface area contributed by atoms with Crippen LogP contribution < -0.4 is 4.90 Å². The summed E-state index contributed by atoms with van der Waals surface area (Å²) in [7, 11) is 1.94. The van der Waals surface area contributed by atoms with Gasteiger partial charge in [0.05, 0.1) is 11.2 Å². The van der Waals surface area contributed by atoms with Crippen molar-refractivity contribution in [3.8, 4) is 0 Å². The van der Waals surface area contributed by atoms with Crippen molar-refractivity contribution in [2.45, 2.75) is 0 Å². The molecule has 2 aromatic carbocycles. The van der Waals surface area contributed by atoms with Gasteiger partial charge in [0.25, 0.3) is 0 Å². The summed E-state index contributed by atoms with van der Waals surface area (Å²) in [6.45, 7) is 0. The highest BCUT2D eigenvalue weighted by Gasteiger charge is 2.09. The Morgan fingerprint density at radius 3 is 2.55 bits per heavy atom. The van der Waals surface area contributed by atoms with Crippen molar-refractivity contribution >= 4 is 33.9 Å². The third-order valence-corrected chi connectivity index (χ3v) is 3.49. The molecule has 0 spiro atoms. The highest BCUT2D eigenvalue weighted by Crippen LogP contribution is 2.31. The van der Waals surface area contributed by atoms with Crippen molar-refractivity contribution in [2.75, 3.05) is 11.9 Å². The van der Waals surface area contributed by atoms with Gasteiger partial charge in [-0.15, -0.1) is 0 Å². The minimum atomic E-state index is -0.242. The summed E-state index contributed by atoms with van der Waals surface area (Å²) >= 11 is 5.99. The normalized spacial score (nSPS) is 10.8. The Hall–Kier alpha value is -2.13. The van der Waals surface area contributed by atoms with Gasteiger partial charge >= 0.3 is 0 Å². The monoisotopic (exact) mass is 286 g/mol. The number of nitrogens with zero attached hydrogens (tertiary/aromatic N) is 2. The summed E-state index contributed by atoms with van der Waals surface area (Å²) in [6.07, 6.45) is 1.74. The van der Waals surface area contributed by atoms with Crippen LogP contribution in [-0.4, -0.2) is 12.0 Å². The van der Waals surface area contributed by atoms with E-state index in [1.54, 1.807) is 18.3 Å². The molecule has 100 valence electrons. The number of benzene rings is 2. The predicted molar refractivity (Wildman–Crippen MR) is 81.2 cm³/mol. The molecule has 0 saturated heterocycles. The van der Waals surface area contributed by atoms with E-state index >= 15 is 0 Å². The summed E-state index contributed by atoms with van der Waals surface area (Å²) in [6, 6.07) is 13.9. The summed E-state index contributed by atoms with van der Waals surface area (Å²) in [4.78, 5) is 6.32. The Morgan fingerprint density at radius 1 is 1.05 bits per heavy atom. The lowest BCUT2D eigenvalue weighted by molar-refractivity contribution is 0.628. The number of pyridine rings is 1. The van der Waals surface area contributed by atoms with Crippen LogP contribution in [0.5, 0.6) is 0 Å². The SMILES string of the molecule is CN(c1ccc(F)cc1)c1ccnc2cc(Cl)ccc12. The molecule has 1 heterocycles. The lowest BCUT2D eigenvalue weighted by Crippen LogP contribution is -2.10. The minimum absolute atomic E-state index is 0.242. The molecule has 0 amide bonds. The largest absolute Gasteiger partial charge is 0.344 e. The molecule has 0 fully saturated rings. The smallest absolute Gasteiger partial charge is 0.123 e. The van der Waals surface area contributed by atoms with Gasteiger partial charge in [-0.05, 0) is 48.5 Å². The number of fused-ring (bicyclic) bond motifs is 1. The van der Waals surface area contributed by atoms with Crippen LogP contribution in [0.25, 0.3) is 10.9 Å². The molecule has 0 atom stereocenters. The van der Waals surface area contributed by atoms with Crippen LogP contribution in [0.3, 0.4) is 0 Å². The minimum Gasteiger partial charge on any atom is -0.344 e. The van der Waals surface area contributed by atoms with E-state index in [4.69, 9.17) is 11.6 Å². The van der Waals surface area contributed by atoms with Crippen LogP contribution in [0, 0.1) is 5.82 Å². The topological polar surface area (TPSA) is 16.1 Å². The van der Waals surface area contributed by atoms with Gasteiger partial charge in [-0.3, -0.25) is 4.98 Å². The molecule has 1 aromatic heterocycles. The predicted octanol–water partition coefficient (Wildman–Crippen LogP) is 4.80.